The third-order valence-corrected chi connectivity index (χ3v) is 1.61. The molecule has 0 aromatic carbocycles. The van der Waals surface area contributed by atoms with Crippen LogP contribution in [0.5, 0.6) is 0 Å². The van der Waals surface area contributed by atoms with Crippen LogP contribution < -0.4 is 5.32 Å². The first-order chi connectivity index (χ1) is 5.68. The van der Waals surface area contributed by atoms with Gasteiger partial charge in [-0.15, -0.1) is 11.6 Å². The summed E-state index contributed by atoms with van der Waals surface area (Å²) < 4.78 is 0. The number of aryl methyl sites for hydroxylation is 1. The van der Waals surface area contributed by atoms with Gasteiger partial charge in [0.25, 0.3) is 0 Å². The Morgan fingerprint density at radius 1 is 1.58 bits per heavy atom. The second-order valence-electron chi connectivity index (χ2n) is 2.83. The second-order valence-corrected chi connectivity index (χ2v) is 3.57. The fourth-order valence-electron chi connectivity index (χ4n) is 0.887. The van der Waals surface area contributed by atoms with Crippen LogP contribution in [0.4, 0.5) is 5.82 Å². The molecule has 1 N–H and O–H groups in total. The third-order valence-electron chi connectivity index (χ3n) is 1.45. The molecule has 0 bridgehead atoms. The molecule has 2 nitrogen and oxygen atoms in total. The van der Waals surface area contributed by atoms with Crippen LogP contribution in [0.15, 0.2) is 18.2 Å². The van der Waals surface area contributed by atoms with Crippen LogP contribution >= 0.6 is 11.6 Å². The van der Waals surface area contributed by atoms with Crippen LogP contribution in [0.1, 0.15) is 12.6 Å². The minimum atomic E-state index is 0.132. The Bertz CT molecular complexity index is 248. The van der Waals surface area contributed by atoms with Crippen LogP contribution in [0.2, 0.25) is 0 Å². The van der Waals surface area contributed by atoms with Gasteiger partial charge < -0.3 is 5.32 Å². The Morgan fingerprint density at radius 2 is 2.33 bits per heavy atom. The summed E-state index contributed by atoms with van der Waals surface area (Å²) in [7, 11) is 0. The second kappa shape index (κ2) is 4.31. The molecule has 0 radical (unpaired) electrons. The molecule has 3 heteroatoms. The van der Waals surface area contributed by atoms with Gasteiger partial charge in [-0.1, -0.05) is 6.07 Å². The van der Waals surface area contributed by atoms with Crippen molar-refractivity contribution in [3.8, 4) is 0 Å². The Kier molecular flexibility index (Phi) is 3.35. The van der Waals surface area contributed by atoms with Gasteiger partial charge in [0, 0.05) is 17.6 Å². The van der Waals surface area contributed by atoms with E-state index in [2.05, 4.69) is 10.3 Å². The van der Waals surface area contributed by atoms with Crippen molar-refractivity contribution in [1.82, 2.24) is 4.98 Å². The van der Waals surface area contributed by atoms with Crippen molar-refractivity contribution in [2.75, 3.05) is 11.9 Å². The van der Waals surface area contributed by atoms with Crippen molar-refractivity contribution >= 4 is 17.4 Å². The van der Waals surface area contributed by atoms with Gasteiger partial charge in [-0.3, -0.25) is 0 Å². The molecule has 0 fully saturated rings. The molecule has 12 heavy (non-hydrogen) atoms. The molecule has 0 amide bonds. The summed E-state index contributed by atoms with van der Waals surface area (Å²) >= 11 is 5.78. The molecule has 1 aromatic heterocycles. The monoisotopic (exact) mass is 184 g/mol. The van der Waals surface area contributed by atoms with E-state index in [4.69, 9.17) is 11.6 Å². The van der Waals surface area contributed by atoms with E-state index in [1.807, 2.05) is 32.0 Å². The lowest BCUT2D eigenvalue weighted by Gasteiger charge is -2.06. The number of nitrogens with one attached hydrogen (secondary N) is 1. The highest BCUT2D eigenvalue weighted by atomic mass is 35.5. The number of aromatic nitrogens is 1. The summed E-state index contributed by atoms with van der Waals surface area (Å²) in [5, 5.41) is 3.27. The fraction of sp³-hybridized carbons (Fsp3) is 0.444. The topological polar surface area (TPSA) is 24.9 Å². The highest BCUT2D eigenvalue weighted by molar-refractivity contribution is 6.20. The number of rotatable bonds is 3. The first kappa shape index (κ1) is 9.33. The van der Waals surface area contributed by atoms with Crippen LogP contribution in [0, 0.1) is 6.92 Å². The summed E-state index contributed by atoms with van der Waals surface area (Å²) in [5.41, 5.74) is 1.02. The van der Waals surface area contributed by atoms with E-state index in [-0.39, 0.29) is 5.38 Å². The highest BCUT2D eigenvalue weighted by Gasteiger charge is 1.96. The zero-order chi connectivity index (χ0) is 8.97. The van der Waals surface area contributed by atoms with Gasteiger partial charge in [-0.05, 0) is 26.0 Å². The van der Waals surface area contributed by atoms with Crippen molar-refractivity contribution < 1.29 is 0 Å². The molecule has 1 rings (SSSR count). The molecule has 1 heterocycles. The van der Waals surface area contributed by atoms with E-state index in [9.17, 15) is 0 Å². The fourth-order valence-corrected chi connectivity index (χ4v) is 0.964. The molecule has 66 valence electrons. The van der Waals surface area contributed by atoms with Gasteiger partial charge in [0.2, 0.25) is 0 Å². The van der Waals surface area contributed by atoms with Gasteiger partial charge in [0.15, 0.2) is 0 Å². The maximum Gasteiger partial charge on any atom is 0.126 e. The summed E-state index contributed by atoms with van der Waals surface area (Å²) in [5.74, 6) is 0.891. The first-order valence-electron chi connectivity index (χ1n) is 4.00. The number of alkyl halides is 1. The zero-order valence-corrected chi connectivity index (χ0v) is 8.10. The zero-order valence-electron chi connectivity index (χ0n) is 7.34. The number of nitrogens with zero attached hydrogens (tertiary/aromatic N) is 1. The van der Waals surface area contributed by atoms with Crippen LogP contribution in [-0.4, -0.2) is 16.9 Å². The largest absolute Gasteiger partial charge is 0.369 e. The molecule has 0 saturated heterocycles. The molecule has 0 saturated carbocycles. The van der Waals surface area contributed by atoms with Crippen LogP contribution in [0.25, 0.3) is 0 Å². The molecule has 0 aliphatic heterocycles. The van der Waals surface area contributed by atoms with Crippen LogP contribution in [-0.2, 0) is 0 Å². The Morgan fingerprint density at radius 3 is 2.92 bits per heavy atom. The van der Waals surface area contributed by atoms with E-state index in [0.717, 1.165) is 18.1 Å². The number of anilines is 1. The number of halogens is 1. The maximum atomic E-state index is 5.78. The van der Waals surface area contributed by atoms with Crippen molar-refractivity contribution in [1.29, 1.82) is 0 Å². The van der Waals surface area contributed by atoms with Crippen molar-refractivity contribution in [2.24, 2.45) is 0 Å². The lowest BCUT2D eigenvalue weighted by atomic mass is 10.3. The van der Waals surface area contributed by atoms with Gasteiger partial charge in [0.1, 0.15) is 5.82 Å². The van der Waals surface area contributed by atoms with Gasteiger partial charge in [-0.25, -0.2) is 4.98 Å². The lowest BCUT2D eigenvalue weighted by molar-refractivity contribution is 0.974. The van der Waals surface area contributed by atoms with Crippen molar-refractivity contribution in [3.63, 3.8) is 0 Å². The van der Waals surface area contributed by atoms with Crippen molar-refractivity contribution in [3.05, 3.63) is 23.9 Å². The molecule has 0 aliphatic rings. The Labute approximate surface area is 78.0 Å². The number of hydrogen-bond donors (Lipinski definition) is 1. The van der Waals surface area contributed by atoms with Gasteiger partial charge in [0.05, 0.1) is 0 Å². The smallest absolute Gasteiger partial charge is 0.126 e. The van der Waals surface area contributed by atoms with Crippen LogP contribution in [0.3, 0.4) is 0 Å². The average Bonchev–Trinajstić information content (AvgIpc) is 2.01. The van der Waals surface area contributed by atoms with E-state index in [0.29, 0.717) is 0 Å². The SMILES string of the molecule is Cc1cccc(NCC(C)Cl)n1. The molecule has 1 aromatic rings. The predicted molar refractivity (Wildman–Crippen MR) is 52.8 cm³/mol. The van der Waals surface area contributed by atoms with Gasteiger partial charge >= 0.3 is 0 Å². The molecule has 0 spiro atoms. The Balaban J connectivity index is 2.52. The molecule has 1 atom stereocenters. The highest BCUT2D eigenvalue weighted by Crippen LogP contribution is 2.04. The van der Waals surface area contributed by atoms with Gasteiger partial charge in [-0.2, -0.15) is 0 Å². The van der Waals surface area contributed by atoms with Crippen molar-refractivity contribution in [2.45, 2.75) is 19.2 Å². The summed E-state index contributed by atoms with van der Waals surface area (Å²) in [6.45, 7) is 4.66. The van der Waals surface area contributed by atoms with E-state index >= 15 is 0 Å². The minimum Gasteiger partial charge on any atom is -0.369 e. The Hall–Kier alpha value is -0.760. The molecule has 1 unspecified atom stereocenters. The molecule has 0 aliphatic carbocycles. The average molecular weight is 185 g/mol. The van der Waals surface area contributed by atoms with E-state index < -0.39 is 0 Å². The number of pyridine rings is 1. The normalized spacial score (nSPS) is 12.6. The lowest BCUT2D eigenvalue weighted by Crippen LogP contribution is -2.11. The quantitative estimate of drug-likeness (QED) is 0.730. The molecular weight excluding hydrogens is 172 g/mol. The summed E-state index contributed by atoms with van der Waals surface area (Å²) in [6, 6.07) is 5.88. The molecular formula is C9H13ClN2. The summed E-state index contributed by atoms with van der Waals surface area (Å²) in [4.78, 5) is 4.28. The van der Waals surface area contributed by atoms with E-state index in [1.54, 1.807) is 0 Å². The van der Waals surface area contributed by atoms with E-state index in [1.165, 1.54) is 0 Å². The minimum absolute atomic E-state index is 0.132. The summed E-state index contributed by atoms with van der Waals surface area (Å²) in [6.07, 6.45) is 0. The number of hydrogen-bond acceptors (Lipinski definition) is 2. The standard InChI is InChI=1S/C9H13ClN2/c1-7(10)6-11-9-5-3-4-8(2)12-9/h3-5,7H,6H2,1-2H3,(H,11,12). The first-order valence-corrected chi connectivity index (χ1v) is 4.44. The maximum absolute atomic E-state index is 5.78. The third kappa shape index (κ3) is 3.09. The predicted octanol–water partition coefficient (Wildman–Crippen LogP) is 2.43.